The summed E-state index contributed by atoms with van der Waals surface area (Å²) < 4.78 is 18.7. The fourth-order valence-corrected chi connectivity index (χ4v) is 7.30. The van der Waals surface area contributed by atoms with Crippen LogP contribution >= 0.6 is 8.53 Å². The van der Waals surface area contributed by atoms with E-state index in [-0.39, 0.29) is 24.1 Å². The predicted octanol–water partition coefficient (Wildman–Crippen LogP) is 6.96. The number of esters is 1. The van der Waals surface area contributed by atoms with Crippen molar-refractivity contribution >= 4 is 14.5 Å². The number of carbonyl (C=O) groups excluding carboxylic acids is 1. The molecule has 2 aliphatic rings. The Labute approximate surface area is 199 Å². The molecule has 2 aliphatic carbocycles. The molecule has 7 atom stereocenters. The lowest BCUT2D eigenvalue weighted by Gasteiger charge is -2.42. The third-order valence-corrected chi connectivity index (χ3v) is 9.16. The summed E-state index contributed by atoms with van der Waals surface area (Å²) in [5, 5.41) is 3.49. The molecular weight excluding hydrogens is 421 g/mol. The van der Waals surface area contributed by atoms with Gasteiger partial charge in [-0.05, 0) is 67.1 Å². The largest absolute Gasteiger partial charge is 0.468 e. The molecule has 0 saturated heterocycles. The van der Waals surface area contributed by atoms with E-state index in [9.17, 15) is 4.79 Å². The van der Waals surface area contributed by atoms with Gasteiger partial charge in [0.15, 0.2) is 0 Å². The van der Waals surface area contributed by atoms with E-state index in [4.69, 9.17) is 13.8 Å². The summed E-state index contributed by atoms with van der Waals surface area (Å²) in [6.07, 6.45) is 7.39. The minimum atomic E-state index is -1.41. The lowest BCUT2D eigenvalue weighted by atomic mass is 9.75. The lowest BCUT2D eigenvalue weighted by molar-refractivity contribution is -0.143. The molecule has 0 radical (unpaired) electrons. The zero-order chi connectivity index (χ0) is 24.0. The molecule has 0 aromatic carbocycles. The SMILES string of the molecule is COC(=O)[C@H](NP(O[C@@H]1C[C@H](C)CC[C@H]1C(C)C)O[C@@H]1C[C@H](C)CC[C@H]1C(C)C)C(C)C. The highest BCUT2D eigenvalue weighted by atomic mass is 31.2. The Kier molecular flexibility index (Phi) is 11.4. The Balaban J connectivity index is 2.25. The van der Waals surface area contributed by atoms with Gasteiger partial charge in [-0.25, -0.2) is 5.09 Å². The third-order valence-electron chi connectivity index (χ3n) is 7.75. The van der Waals surface area contributed by atoms with Crippen molar-refractivity contribution in [2.24, 2.45) is 41.4 Å². The van der Waals surface area contributed by atoms with Crippen LogP contribution in [0, 0.1) is 41.4 Å². The van der Waals surface area contributed by atoms with Crippen LogP contribution in [0.1, 0.15) is 93.9 Å². The van der Waals surface area contributed by atoms with Crippen LogP contribution in [0.5, 0.6) is 0 Å². The Morgan fingerprint density at radius 2 is 1.25 bits per heavy atom. The minimum absolute atomic E-state index is 0.0944. The van der Waals surface area contributed by atoms with Crippen LogP contribution in [0.4, 0.5) is 0 Å². The first kappa shape index (κ1) is 28.0. The molecule has 6 heteroatoms. The molecule has 0 aromatic heterocycles. The molecule has 0 amide bonds. The first-order valence-corrected chi connectivity index (χ1v) is 14.2. The Bertz CT molecular complexity index is 536. The molecule has 0 bridgehead atoms. The summed E-state index contributed by atoms with van der Waals surface area (Å²) in [6.45, 7) is 17.9. The van der Waals surface area contributed by atoms with Gasteiger partial charge in [-0.3, -0.25) is 4.79 Å². The summed E-state index contributed by atoms with van der Waals surface area (Å²) in [5.41, 5.74) is 0. The van der Waals surface area contributed by atoms with Gasteiger partial charge in [0, 0.05) is 0 Å². The van der Waals surface area contributed by atoms with Gasteiger partial charge in [-0.1, -0.05) is 68.2 Å². The second-order valence-corrected chi connectivity index (χ2v) is 12.8. The minimum Gasteiger partial charge on any atom is -0.468 e. The summed E-state index contributed by atoms with van der Waals surface area (Å²) in [6, 6.07) is -0.428. The summed E-state index contributed by atoms with van der Waals surface area (Å²) in [7, 11) is 0.0489. The smallest absolute Gasteiger partial charge is 0.323 e. The van der Waals surface area contributed by atoms with E-state index in [0.29, 0.717) is 35.5 Å². The Morgan fingerprint density at radius 1 is 0.812 bits per heavy atom. The highest BCUT2D eigenvalue weighted by Crippen LogP contribution is 2.48. The number of methoxy groups -OCH3 is 1. The number of rotatable bonds is 10. The standard InChI is InChI=1S/C26H50NO4P/c1-16(2)21-12-10-19(7)14-23(21)30-32(27-25(18(5)6)26(28)29-9)31-24-15-20(8)11-13-22(24)17(3)4/h16-25,27H,10-15H2,1-9H3/t19-,20-,21+,22+,23-,24-,25-/m1/s1. The maximum atomic E-state index is 12.5. The Hall–Kier alpha value is -0.220. The quantitative estimate of drug-likeness (QED) is 0.276. The van der Waals surface area contributed by atoms with E-state index in [2.05, 4.69) is 46.6 Å². The molecular formula is C26H50NO4P. The van der Waals surface area contributed by atoms with Gasteiger partial charge in [-0.15, -0.1) is 0 Å². The molecule has 32 heavy (non-hydrogen) atoms. The molecule has 0 heterocycles. The Morgan fingerprint density at radius 3 is 1.59 bits per heavy atom. The number of ether oxygens (including phenoxy) is 1. The molecule has 2 saturated carbocycles. The zero-order valence-corrected chi connectivity index (χ0v) is 23.0. The monoisotopic (exact) mass is 471 g/mol. The summed E-state index contributed by atoms with van der Waals surface area (Å²) >= 11 is 0. The van der Waals surface area contributed by atoms with Crippen LogP contribution in [-0.2, 0) is 18.6 Å². The average Bonchev–Trinajstić information content (AvgIpc) is 2.70. The second kappa shape index (κ2) is 13.0. The first-order valence-electron chi connectivity index (χ1n) is 13.0. The third kappa shape index (κ3) is 7.93. The van der Waals surface area contributed by atoms with Crippen LogP contribution in [0.2, 0.25) is 0 Å². The average molecular weight is 472 g/mol. The van der Waals surface area contributed by atoms with Crippen LogP contribution < -0.4 is 5.09 Å². The molecule has 0 aliphatic heterocycles. The van der Waals surface area contributed by atoms with Gasteiger partial charge in [-0.2, -0.15) is 0 Å². The van der Waals surface area contributed by atoms with Crippen LogP contribution in [-0.4, -0.2) is 31.3 Å². The van der Waals surface area contributed by atoms with E-state index in [1.807, 2.05) is 13.8 Å². The number of hydrogen-bond donors (Lipinski definition) is 1. The van der Waals surface area contributed by atoms with Crippen molar-refractivity contribution in [3.05, 3.63) is 0 Å². The molecule has 0 unspecified atom stereocenters. The van der Waals surface area contributed by atoms with Crippen LogP contribution in [0.15, 0.2) is 0 Å². The first-order chi connectivity index (χ1) is 15.0. The highest BCUT2D eigenvalue weighted by molar-refractivity contribution is 7.45. The lowest BCUT2D eigenvalue weighted by Crippen LogP contribution is -2.43. The van der Waals surface area contributed by atoms with E-state index in [1.165, 1.54) is 32.8 Å². The molecule has 188 valence electrons. The second-order valence-electron chi connectivity index (χ2n) is 11.6. The van der Waals surface area contributed by atoms with E-state index in [1.54, 1.807) is 0 Å². The zero-order valence-electron chi connectivity index (χ0n) is 22.1. The molecule has 5 nitrogen and oxygen atoms in total. The van der Waals surface area contributed by atoms with Crippen molar-refractivity contribution in [3.63, 3.8) is 0 Å². The van der Waals surface area contributed by atoms with Gasteiger partial charge in [0.05, 0.1) is 19.3 Å². The van der Waals surface area contributed by atoms with Crippen molar-refractivity contribution in [1.29, 1.82) is 0 Å². The fourth-order valence-electron chi connectivity index (χ4n) is 5.52. The molecule has 2 rings (SSSR count). The maximum absolute atomic E-state index is 12.5. The van der Waals surface area contributed by atoms with Crippen molar-refractivity contribution < 1.29 is 18.6 Å². The van der Waals surface area contributed by atoms with Crippen molar-refractivity contribution in [2.45, 2.75) is 112 Å². The molecule has 1 N–H and O–H groups in total. The van der Waals surface area contributed by atoms with E-state index in [0.717, 1.165) is 12.8 Å². The van der Waals surface area contributed by atoms with Crippen molar-refractivity contribution in [2.75, 3.05) is 7.11 Å². The van der Waals surface area contributed by atoms with Crippen molar-refractivity contribution in [1.82, 2.24) is 5.09 Å². The number of nitrogens with one attached hydrogen (secondary N) is 1. The van der Waals surface area contributed by atoms with Gasteiger partial charge >= 0.3 is 5.97 Å². The highest BCUT2D eigenvalue weighted by Gasteiger charge is 2.39. The van der Waals surface area contributed by atoms with Gasteiger partial charge in [0.25, 0.3) is 8.53 Å². The molecule has 0 aromatic rings. The normalized spacial score (nSPS) is 32.7. The topological polar surface area (TPSA) is 56.8 Å². The number of hydrogen-bond acceptors (Lipinski definition) is 5. The van der Waals surface area contributed by atoms with Gasteiger partial charge in [0.1, 0.15) is 6.04 Å². The number of carbonyl (C=O) groups is 1. The predicted molar refractivity (Wildman–Crippen MR) is 133 cm³/mol. The van der Waals surface area contributed by atoms with E-state index >= 15 is 0 Å². The fraction of sp³-hybridized carbons (Fsp3) is 0.962. The summed E-state index contributed by atoms with van der Waals surface area (Å²) in [5.74, 6) is 3.38. The van der Waals surface area contributed by atoms with Crippen LogP contribution in [0.3, 0.4) is 0 Å². The maximum Gasteiger partial charge on any atom is 0.323 e. The molecule has 0 spiro atoms. The van der Waals surface area contributed by atoms with Gasteiger partial charge < -0.3 is 13.8 Å². The van der Waals surface area contributed by atoms with Crippen molar-refractivity contribution in [3.8, 4) is 0 Å². The molecule has 2 fully saturated rings. The van der Waals surface area contributed by atoms with Gasteiger partial charge in [0.2, 0.25) is 0 Å². The summed E-state index contributed by atoms with van der Waals surface area (Å²) in [4.78, 5) is 12.5. The van der Waals surface area contributed by atoms with Crippen LogP contribution in [0.25, 0.3) is 0 Å². The van der Waals surface area contributed by atoms with E-state index < -0.39 is 14.6 Å².